The van der Waals surface area contributed by atoms with Crippen LogP contribution >= 0.6 is 0 Å². The van der Waals surface area contributed by atoms with Crippen molar-refractivity contribution in [2.24, 2.45) is 0 Å². The van der Waals surface area contributed by atoms with Crippen molar-refractivity contribution in [1.82, 2.24) is 0 Å². The van der Waals surface area contributed by atoms with Crippen molar-refractivity contribution in [1.29, 1.82) is 0 Å². The Morgan fingerprint density at radius 2 is 1.73 bits per heavy atom. The van der Waals surface area contributed by atoms with Crippen LogP contribution in [0.2, 0.25) is 0 Å². The van der Waals surface area contributed by atoms with E-state index in [1.165, 1.54) is 24.3 Å². The third-order valence-corrected chi connectivity index (χ3v) is 2.22. The molecule has 0 bridgehead atoms. The lowest BCUT2D eigenvalue weighted by atomic mass is 10.2. The summed E-state index contributed by atoms with van der Waals surface area (Å²) in [5.74, 6) is -1.31. The second-order valence-electron chi connectivity index (χ2n) is 3.28. The molecule has 2 rings (SSSR count). The molecule has 0 aromatic heterocycles. The molecule has 0 spiro atoms. The average Bonchev–Trinajstić information content (AvgIpc) is 2.52. The number of rotatable bonds is 1. The molecule has 3 nitrogen and oxygen atoms in total. The summed E-state index contributed by atoms with van der Waals surface area (Å²) in [7, 11) is 0. The summed E-state index contributed by atoms with van der Waals surface area (Å²) < 4.78 is 13.2. The van der Waals surface area contributed by atoms with Crippen LogP contribution < -0.4 is 4.90 Å². The van der Waals surface area contributed by atoms with Crippen molar-refractivity contribution in [3.8, 4) is 0 Å². The van der Waals surface area contributed by atoms with Crippen LogP contribution in [-0.4, -0.2) is 11.8 Å². The van der Waals surface area contributed by atoms with Crippen molar-refractivity contribution in [3.05, 3.63) is 41.7 Å². The monoisotopic (exact) mass is 205 g/mol. The molecular formula is C11H8FNO2. The van der Waals surface area contributed by atoms with E-state index in [0.29, 0.717) is 5.56 Å². The molecule has 2 amide bonds. The molecule has 1 aliphatic rings. The molecule has 76 valence electrons. The Hall–Kier alpha value is -1.97. The highest BCUT2D eigenvalue weighted by molar-refractivity contribution is 6.28. The van der Waals surface area contributed by atoms with Gasteiger partial charge in [0.15, 0.2) is 0 Å². The molecule has 15 heavy (non-hydrogen) atoms. The number of anilines is 1. The maximum Gasteiger partial charge on any atom is 0.258 e. The quantitative estimate of drug-likeness (QED) is 0.652. The van der Waals surface area contributed by atoms with Crippen molar-refractivity contribution in [2.45, 2.75) is 6.92 Å². The van der Waals surface area contributed by atoms with E-state index in [1.807, 2.05) is 0 Å². The van der Waals surface area contributed by atoms with Gasteiger partial charge in [0.25, 0.3) is 11.8 Å². The summed E-state index contributed by atoms with van der Waals surface area (Å²) in [6, 6.07) is 4.25. The van der Waals surface area contributed by atoms with Crippen LogP contribution in [0.5, 0.6) is 0 Å². The second-order valence-corrected chi connectivity index (χ2v) is 3.28. The number of halogens is 1. The largest absolute Gasteiger partial charge is 0.269 e. The molecular weight excluding hydrogens is 197 g/mol. The van der Waals surface area contributed by atoms with Gasteiger partial charge in [-0.15, -0.1) is 0 Å². The van der Waals surface area contributed by atoms with E-state index in [1.54, 1.807) is 13.0 Å². The lowest BCUT2D eigenvalue weighted by molar-refractivity contribution is -0.119. The summed E-state index contributed by atoms with van der Waals surface area (Å²) >= 11 is 0. The fourth-order valence-corrected chi connectivity index (χ4v) is 1.38. The fraction of sp³-hybridized carbons (Fsp3) is 0.0909. The highest BCUT2D eigenvalue weighted by Crippen LogP contribution is 2.21. The molecule has 0 unspecified atom stereocenters. The van der Waals surface area contributed by atoms with Crippen molar-refractivity contribution in [2.75, 3.05) is 4.90 Å². The van der Waals surface area contributed by atoms with Gasteiger partial charge in [-0.1, -0.05) is 6.07 Å². The number of carbonyl (C=O) groups excluding carboxylic acids is 2. The molecule has 0 N–H and O–H groups in total. The average molecular weight is 205 g/mol. The van der Waals surface area contributed by atoms with Crippen molar-refractivity contribution >= 4 is 17.5 Å². The molecule has 0 saturated heterocycles. The van der Waals surface area contributed by atoms with E-state index in [0.717, 1.165) is 4.90 Å². The first-order chi connectivity index (χ1) is 7.09. The molecule has 0 atom stereocenters. The fourth-order valence-electron chi connectivity index (χ4n) is 1.38. The minimum Gasteiger partial charge on any atom is -0.269 e. The van der Waals surface area contributed by atoms with E-state index in [4.69, 9.17) is 0 Å². The number of benzene rings is 1. The van der Waals surface area contributed by atoms with Gasteiger partial charge in [0.1, 0.15) is 5.82 Å². The van der Waals surface area contributed by atoms with Crippen LogP contribution in [0.3, 0.4) is 0 Å². The summed E-state index contributed by atoms with van der Waals surface area (Å²) in [6.07, 6.45) is 2.33. The molecule has 0 radical (unpaired) electrons. The van der Waals surface area contributed by atoms with Crippen LogP contribution in [-0.2, 0) is 9.59 Å². The van der Waals surface area contributed by atoms with Gasteiger partial charge in [0.2, 0.25) is 0 Å². The van der Waals surface area contributed by atoms with Gasteiger partial charge < -0.3 is 0 Å². The molecule has 0 aliphatic carbocycles. The Morgan fingerprint density at radius 3 is 2.27 bits per heavy atom. The predicted octanol–water partition coefficient (Wildman–Crippen LogP) is 1.56. The Labute approximate surface area is 85.8 Å². The van der Waals surface area contributed by atoms with Crippen LogP contribution in [0.4, 0.5) is 10.1 Å². The number of hydrogen-bond donors (Lipinski definition) is 0. The molecule has 4 heteroatoms. The Balaban J connectivity index is 2.42. The number of carbonyl (C=O) groups is 2. The summed E-state index contributed by atoms with van der Waals surface area (Å²) in [4.78, 5) is 23.5. The van der Waals surface area contributed by atoms with E-state index < -0.39 is 17.6 Å². The molecule has 0 fully saturated rings. The van der Waals surface area contributed by atoms with Gasteiger partial charge in [-0.05, 0) is 24.6 Å². The van der Waals surface area contributed by atoms with E-state index >= 15 is 0 Å². The highest BCUT2D eigenvalue weighted by atomic mass is 19.1. The van der Waals surface area contributed by atoms with Gasteiger partial charge in [0, 0.05) is 12.2 Å². The van der Waals surface area contributed by atoms with Gasteiger partial charge in [-0.3, -0.25) is 9.59 Å². The third-order valence-electron chi connectivity index (χ3n) is 2.22. The van der Waals surface area contributed by atoms with Crippen molar-refractivity contribution in [3.63, 3.8) is 0 Å². The molecule has 1 heterocycles. The Morgan fingerprint density at radius 1 is 1.13 bits per heavy atom. The molecule has 1 aromatic carbocycles. The van der Waals surface area contributed by atoms with Crippen LogP contribution in [0.1, 0.15) is 5.56 Å². The van der Waals surface area contributed by atoms with Crippen LogP contribution in [0, 0.1) is 12.7 Å². The summed E-state index contributed by atoms with van der Waals surface area (Å²) in [5, 5.41) is 0. The summed E-state index contributed by atoms with van der Waals surface area (Å²) in [5.41, 5.74) is 0.740. The first-order valence-corrected chi connectivity index (χ1v) is 4.42. The molecule has 0 saturated carbocycles. The zero-order valence-electron chi connectivity index (χ0n) is 8.03. The van der Waals surface area contributed by atoms with E-state index in [9.17, 15) is 14.0 Å². The molecule has 1 aromatic rings. The highest BCUT2D eigenvalue weighted by Gasteiger charge is 2.25. The van der Waals surface area contributed by atoms with Crippen molar-refractivity contribution < 1.29 is 14.0 Å². The lowest BCUT2D eigenvalue weighted by Gasteiger charge is -2.13. The predicted molar refractivity (Wildman–Crippen MR) is 52.8 cm³/mol. The Bertz CT molecular complexity index is 461. The topological polar surface area (TPSA) is 37.4 Å². The van der Waals surface area contributed by atoms with Gasteiger partial charge in [-0.2, -0.15) is 0 Å². The number of imide groups is 1. The maximum atomic E-state index is 13.2. The minimum absolute atomic E-state index is 0.262. The third kappa shape index (κ3) is 1.54. The number of hydrogen-bond acceptors (Lipinski definition) is 2. The zero-order valence-corrected chi connectivity index (χ0v) is 8.03. The van der Waals surface area contributed by atoms with E-state index in [2.05, 4.69) is 0 Å². The van der Waals surface area contributed by atoms with Gasteiger partial charge in [-0.25, -0.2) is 9.29 Å². The van der Waals surface area contributed by atoms with Gasteiger partial charge in [0.05, 0.1) is 5.69 Å². The standard InChI is InChI=1S/C11H8FNO2/c1-7-2-3-8(6-9(7)12)13-10(14)4-5-11(13)15/h2-6H,1H3. The Kier molecular flexibility index (Phi) is 2.11. The number of nitrogens with zero attached hydrogens (tertiary/aromatic N) is 1. The smallest absolute Gasteiger partial charge is 0.258 e. The van der Waals surface area contributed by atoms with Crippen LogP contribution in [0.15, 0.2) is 30.4 Å². The first kappa shape index (κ1) is 9.58. The summed E-state index contributed by atoms with van der Waals surface area (Å²) in [6.45, 7) is 1.62. The second kappa shape index (κ2) is 3.31. The minimum atomic E-state index is -0.441. The zero-order chi connectivity index (χ0) is 11.0. The van der Waals surface area contributed by atoms with Gasteiger partial charge >= 0.3 is 0 Å². The van der Waals surface area contributed by atoms with E-state index in [-0.39, 0.29) is 5.69 Å². The number of aryl methyl sites for hydroxylation is 1. The first-order valence-electron chi connectivity index (χ1n) is 4.42. The number of amides is 2. The normalized spacial score (nSPS) is 15.2. The molecule has 1 aliphatic heterocycles. The lowest BCUT2D eigenvalue weighted by Crippen LogP contribution is -2.29. The van der Waals surface area contributed by atoms with Crippen LogP contribution in [0.25, 0.3) is 0 Å². The maximum absolute atomic E-state index is 13.2. The SMILES string of the molecule is Cc1ccc(N2C(=O)C=CC2=O)cc1F.